The summed E-state index contributed by atoms with van der Waals surface area (Å²) in [5.74, 6) is 1.94. The molecular weight excluding hydrogens is 376 g/mol. The molecule has 0 saturated heterocycles. The predicted molar refractivity (Wildman–Crippen MR) is 99.4 cm³/mol. The number of non-ortho nitro benzene ring substituents is 1. The molecule has 0 amide bonds. The van der Waals surface area contributed by atoms with Gasteiger partial charge in [0, 0.05) is 30.0 Å². The Bertz CT molecular complexity index is 915. The lowest BCUT2D eigenvalue weighted by atomic mass is 10.2. The highest BCUT2D eigenvalue weighted by molar-refractivity contribution is 7.98. The van der Waals surface area contributed by atoms with Crippen molar-refractivity contribution >= 4 is 29.1 Å². The molecule has 0 saturated carbocycles. The monoisotopic (exact) mass is 390 g/mol. The van der Waals surface area contributed by atoms with Crippen molar-refractivity contribution in [3.05, 3.63) is 75.1 Å². The molecule has 1 aromatic heterocycles. The Morgan fingerprint density at radius 2 is 2.00 bits per heavy atom. The highest BCUT2D eigenvalue weighted by atomic mass is 35.5. The van der Waals surface area contributed by atoms with Crippen LogP contribution in [0.3, 0.4) is 0 Å². The predicted octanol–water partition coefficient (Wildman–Crippen LogP) is 4.25. The van der Waals surface area contributed by atoms with Gasteiger partial charge in [0.1, 0.15) is 12.4 Å². The Labute approximate surface area is 159 Å². The van der Waals surface area contributed by atoms with E-state index in [1.54, 1.807) is 36.4 Å². The zero-order valence-corrected chi connectivity index (χ0v) is 15.4. The van der Waals surface area contributed by atoms with Crippen LogP contribution in [0, 0.1) is 10.1 Å². The van der Waals surface area contributed by atoms with Gasteiger partial charge in [-0.05, 0) is 29.8 Å². The van der Waals surface area contributed by atoms with Gasteiger partial charge in [-0.3, -0.25) is 10.1 Å². The number of hydrogen-bond donors (Lipinski definition) is 0. The van der Waals surface area contributed by atoms with Crippen LogP contribution in [0.5, 0.6) is 5.75 Å². The number of aromatic nitrogens is 3. The quantitative estimate of drug-likeness (QED) is 0.340. The van der Waals surface area contributed by atoms with Gasteiger partial charge in [0.15, 0.2) is 11.0 Å². The van der Waals surface area contributed by atoms with Crippen LogP contribution in [0.25, 0.3) is 0 Å². The maximum atomic E-state index is 10.8. The third kappa shape index (κ3) is 4.53. The molecule has 0 aliphatic rings. The number of benzene rings is 2. The second-order valence-electron chi connectivity index (χ2n) is 5.42. The van der Waals surface area contributed by atoms with Gasteiger partial charge in [0.25, 0.3) is 5.69 Å². The Morgan fingerprint density at radius 3 is 2.73 bits per heavy atom. The van der Waals surface area contributed by atoms with Crippen LogP contribution in [0.1, 0.15) is 11.4 Å². The fourth-order valence-corrected chi connectivity index (χ4v) is 3.18. The van der Waals surface area contributed by atoms with E-state index in [0.717, 1.165) is 5.56 Å². The minimum Gasteiger partial charge on any atom is -0.486 e. The molecule has 0 aliphatic heterocycles. The summed E-state index contributed by atoms with van der Waals surface area (Å²) in [7, 11) is 1.86. The number of rotatable bonds is 7. The Kier molecular flexibility index (Phi) is 5.75. The van der Waals surface area contributed by atoms with E-state index in [1.165, 1.54) is 17.8 Å². The lowest BCUT2D eigenvalue weighted by Gasteiger charge is -2.06. The maximum Gasteiger partial charge on any atom is 0.269 e. The lowest BCUT2D eigenvalue weighted by Crippen LogP contribution is -2.04. The van der Waals surface area contributed by atoms with E-state index >= 15 is 0 Å². The van der Waals surface area contributed by atoms with E-state index in [2.05, 4.69) is 10.2 Å². The SMILES string of the molecule is Cn1c(COc2ccc(Cl)cc2)nnc1SCc1cccc([N+](=O)[O-])c1. The molecule has 0 bridgehead atoms. The third-order valence-corrected chi connectivity index (χ3v) is 4.94. The summed E-state index contributed by atoms with van der Waals surface area (Å²) in [5, 5.41) is 20.5. The topological polar surface area (TPSA) is 83.1 Å². The maximum absolute atomic E-state index is 10.8. The van der Waals surface area contributed by atoms with Crippen molar-refractivity contribution < 1.29 is 9.66 Å². The lowest BCUT2D eigenvalue weighted by molar-refractivity contribution is -0.384. The van der Waals surface area contributed by atoms with Crippen LogP contribution < -0.4 is 4.74 Å². The molecule has 26 heavy (non-hydrogen) atoms. The molecule has 0 unspecified atom stereocenters. The van der Waals surface area contributed by atoms with E-state index < -0.39 is 4.92 Å². The molecule has 0 fully saturated rings. The van der Waals surface area contributed by atoms with E-state index in [0.29, 0.717) is 27.5 Å². The molecular formula is C17H15ClN4O3S. The number of nitro benzene ring substituents is 1. The molecule has 0 aliphatic carbocycles. The number of halogens is 1. The van der Waals surface area contributed by atoms with Crippen molar-refractivity contribution in [2.45, 2.75) is 17.5 Å². The zero-order chi connectivity index (χ0) is 18.5. The second kappa shape index (κ2) is 8.20. The molecule has 7 nitrogen and oxygen atoms in total. The van der Waals surface area contributed by atoms with Crippen LogP contribution in [-0.4, -0.2) is 19.7 Å². The molecule has 0 spiro atoms. The first-order chi connectivity index (χ1) is 12.5. The summed E-state index contributed by atoms with van der Waals surface area (Å²) in [5.41, 5.74) is 0.935. The van der Waals surface area contributed by atoms with E-state index in [1.807, 2.05) is 17.7 Å². The Hall–Kier alpha value is -2.58. The smallest absolute Gasteiger partial charge is 0.269 e. The number of ether oxygens (including phenoxy) is 1. The van der Waals surface area contributed by atoms with E-state index in [4.69, 9.17) is 16.3 Å². The van der Waals surface area contributed by atoms with E-state index in [-0.39, 0.29) is 12.3 Å². The first-order valence-corrected chi connectivity index (χ1v) is 9.02. The molecule has 9 heteroatoms. The summed E-state index contributed by atoms with van der Waals surface area (Å²) >= 11 is 7.31. The largest absolute Gasteiger partial charge is 0.486 e. The normalized spacial score (nSPS) is 10.7. The fraction of sp³-hybridized carbons (Fsp3) is 0.176. The van der Waals surface area contributed by atoms with E-state index in [9.17, 15) is 10.1 Å². The van der Waals surface area contributed by atoms with Crippen LogP contribution >= 0.6 is 23.4 Å². The van der Waals surface area contributed by atoms with Gasteiger partial charge in [-0.15, -0.1) is 10.2 Å². The van der Waals surface area contributed by atoms with Crippen molar-refractivity contribution in [1.29, 1.82) is 0 Å². The van der Waals surface area contributed by atoms with Gasteiger partial charge in [-0.1, -0.05) is 35.5 Å². The average Bonchev–Trinajstić information content (AvgIpc) is 2.99. The van der Waals surface area contributed by atoms with Gasteiger partial charge < -0.3 is 9.30 Å². The molecule has 2 aromatic carbocycles. The molecule has 3 aromatic rings. The first kappa shape index (κ1) is 18.2. The standard InChI is InChI=1S/C17H15ClN4O3S/c1-21-16(10-25-15-7-5-13(18)6-8-15)19-20-17(21)26-11-12-3-2-4-14(9-12)22(23)24/h2-9H,10-11H2,1H3. The summed E-state index contributed by atoms with van der Waals surface area (Å²) in [6.07, 6.45) is 0. The number of nitro groups is 1. The fourth-order valence-electron chi connectivity index (χ4n) is 2.18. The van der Waals surface area contributed by atoms with Crippen LogP contribution in [0.15, 0.2) is 53.7 Å². The molecule has 0 N–H and O–H groups in total. The van der Waals surface area contributed by atoms with Gasteiger partial charge >= 0.3 is 0 Å². The highest BCUT2D eigenvalue weighted by Gasteiger charge is 2.11. The van der Waals surface area contributed by atoms with Crippen molar-refractivity contribution in [2.24, 2.45) is 7.05 Å². The minimum absolute atomic E-state index is 0.0816. The molecule has 1 heterocycles. The van der Waals surface area contributed by atoms with Crippen LogP contribution in [-0.2, 0) is 19.4 Å². The van der Waals surface area contributed by atoms with Gasteiger partial charge in [-0.2, -0.15) is 0 Å². The van der Waals surface area contributed by atoms with Crippen LogP contribution in [0.2, 0.25) is 5.02 Å². The molecule has 0 atom stereocenters. The molecule has 3 rings (SSSR count). The van der Waals surface area contributed by atoms with Crippen LogP contribution in [0.4, 0.5) is 5.69 Å². The molecule has 0 radical (unpaired) electrons. The van der Waals surface area contributed by atoms with Gasteiger partial charge in [-0.25, -0.2) is 0 Å². The number of thioether (sulfide) groups is 1. The summed E-state index contributed by atoms with van der Waals surface area (Å²) in [4.78, 5) is 10.4. The Morgan fingerprint density at radius 1 is 1.23 bits per heavy atom. The Balaban J connectivity index is 1.61. The minimum atomic E-state index is -0.400. The highest BCUT2D eigenvalue weighted by Crippen LogP contribution is 2.24. The summed E-state index contributed by atoms with van der Waals surface area (Å²) in [6.45, 7) is 0.280. The van der Waals surface area contributed by atoms with Crippen molar-refractivity contribution in [3.63, 3.8) is 0 Å². The van der Waals surface area contributed by atoms with Crippen molar-refractivity contribution in [1.82, 2.24) is 14.8 Å². The third-order valence-electron chi connectivity index (χ3n) is 3.60. The summed E-state index contributed by atoms with van der Waals surface area (Å²) in [6, 6.07) is 13.7. The molecule has 134 valence electrons. The van der Waals surface area contributed by atoms with Gasteiger partial charge in [0.05, 0.1) is 4.92 Å². The zero-order valence-electron chi connectivity index (χ0n) is 13.8. The van der Waals surface area contributed by atoms with Gasteiger partial charge in [0.2, 0.25) is 0 Å². The second-order valence-corrected chi connectivity index (χ2v) is 6.80. The average molecular weight is 391 g/mol. The first-order valence-electron chi connectivity index (χ1n) is 7.65. The number of hydrogen-bond acceptors (Lipinski definition) is 6. The van der Waals surface area contributed by atoms with Crippen molar-refractivity contribution in [3.8, 4) is 5.75 Å². The summed E-state index contributed by atoms with van der Waals surface area (Å²) < 4.78 is 7.53. The van der Waals surface area contributed by atoms with Crippen molar-refractivity contribution in [2.75, 3.05) is 0 Å². The number of nitrogens with zero attached hydrogens (tertiary/aromatic N) is 4.